The number of benzene rings is 1. The smallest absolute Gasteiger partial charge is 0.128 e. The molecule has 2 rings (SSSR count). The van der Waals surface area contributed by atoms with Gasteiger partial charge in [-0.05, 0) is 18.2 Å². The van der Waals surface area contributed by atoms with Crippen LogP contribution >= 0.6 is 15.9 Å². The fourth-order valence-corrected chi connectivity index (χ4v) is 3.22. The first-order chi connectivity index (χ1) is 7.16. The summed E-state index contributed by atoms with van der Waals surface area (Å²) in [5.41, 5.74) is 0.595. The van der Waals surface area contributed by atoms with Crippen molar-refractivity contribution in [1.82, 2.24) is 5.32 Å². The SMILES string of the molecule is O=S1CCNC(c2cc(Br)ccc2F)C1. The summed E-state index contributed by atoms with van der Waals surface area (Å²) in [6, 6.07) is 4.71. The molecule has 0 radical (unpaired) electrons. The fraction of sp³-hybridized carbons (Fsp3) is 0.400. The van der Waals surface area contributed by atoms with Crippen molar-refractivity contribution in [3.05, 3.63) is 34.1 Å². The second-order valence-corrected chi connectivity index (χ2v) is 6.02. The molecule has 0 saturated carbocycles. The van der Waals surface area contributed by atoms with Crippen molar-refractivity contribution in [2.75, 3.05) is 18.1 Å². The van der Waals surface area contributed by atoms with Gasteiger partial charge in [-0.1, -0.05) is 15.9 Å². The van der Waals surface area contributed by atoms with Gasteiger partial charge in [-0.25, -0.2) is 4.39 Å². The molecule has 5 heteroatoms. The minimum Gasteiger partial charge on any atom is -0.308 e. The zero-order valence-corrected chi connectivity index (χ0v) is 10.4. The van der Waals surface area contributed by atoms with Crippen molar-refractivity contribution < 1.29 is 8.60 Å². The summed E-state index contributed by atoms with van der Waals surface area (Å²) in [6.45, 7) is 0.684. The lowest BCUT2D eigenvalue weighted by atomic mass is 10.1. The molecule has 0 aromatic heterocycles. The first kappa shape index (κ1) is 11.2. The van der Waals surface area contributed by atoms with E-state index in [9.17, 15) is 8.60 Å². The van der Waals surface area contributed by atoms with E-state index in [0.29, 0.717) is 23.6 Å². The van der Waals surface area contributed by atoms with E-state index >= 15 is 0 Å². The van der Waals surface area contributed by atoms with Crippen LogP contribution in [0.2, 0.25) is 0 Å². The molecule has 1 fully saturated rings. The second-order valence-electron chi connectivity index (χ2n) is 3.48. The van der Waals surface area contributed by atoms with Gasteiger partial charge in [0, 0.05) is 44.9 Å². The summed E-state index contributed by atoms with van der Waals surface area (Å²) in [5, 5.41) is 3.18. The van der Waals surface area contributed by atoms with E-state index in [1.54, 1.807) is 12.1 Å². The van der Waals surface area contributed by atoms with E-state index < -0.39 is 10.8 Å². The maximum Gasteiger partial charge on any atom is 0.128 e. The van der Waals surface area contributed by atoms with E-state index in [4.69, 9.17) is 0 Å². The zero-order chi connectivity index (χ0) is 10.8. The quantitative estimate of drug-likeness (QED) is 0.857. The summed E-state index contributed by atoms with van der Waals surface area (Å²) in [4.78, 5) is 0. The average molecular weight is 292 g/mol. The molecule has 82 valence electrons. The van der Waals surface area contributed by atoms with Crippen LogP contribution in [-0.2, 0) is 10.8 Å². The van der Waals surface area contributed by atoms with Crippen LogP contribution in [0, 0.1) is 5.82 Å². The third-order valence-corrected chi connectivity index (χ3v) is 4.26. The normalized spacial score (nSPS) is 26.5. The highest BCUT2D eigenvalue weighted by Crippen LogP contribution is 2.23. The number of rotatable bonds is 1. The lowest BCUT2D eigenvalue weighted by Crippen LogP contribution is -2.36. The predicted molar refractivity (Wildman–Crippen MR) is 62.7 cm³/mol. The first-order valence-electron chi connectivity index (χ1n) is 4.70. The molecule has 0 amide bonds. The lowest BCUT2D eigenvalue weighted by Gasteiger charge is -2.23. The van der Waals surface area contributed by atoms with Crippen molar-refractivity contribution in [3.63, 3.8) is 0 Å². The van der Waals surface area contributed by atoms with E-state index in [1.807, 2.05) is 0 Å². The van der Waals surface area contributed by atoms with E-state index in [2.05, 4.69) is 21.2 Å². The summed E-state index contributed by atoms with van der Waals surface area (Å²) >= 11 is 3.31. The molecule has 0 bridgehead atoms. The Balaban J connectivity index is 2.27. The van der Waals surface area contributed by atoms with Crippen LogP contribution in [0.1, 0.15) is 11.6 Å². The number of hydrogen-bond donors (Lipinski definition) is 1. The molecule has 1 saturated heterocycles. The summed E-state index contributed by atoms with van der Waals surface area (Å²) in [6.07, 6.45) is 0. The molecule has 1 aliphatic heterocycles. The van der Waals surface area contributed by atoms with Gasteiger partial charge in [0.15, 0.2) is 0 Å². The standard InChI is InChI=1S/C10H11BrFNOS/c11-7-1-2-9(12)8(5-7)10-6-15(14)4-3-13-10/h1-2,5,10,13H,3-4,6H2. The highest BCUT2D eigenvalue weighted by molar-refractivity contribution is 9.10. The second kappa shape index (κ2) is 4.72. The molecule has 1 heterocycles. The minimum absolute atomic E-state index is 0.128. The van der Waals surface area contributed by atoms with Crippen LogP contribution in [-0.4, -0.2) is 22.3 Å². The van der Waals surface area contributed by atoms with Gasteiger partial charge in [-0.15, -0.1) is 0 Å². The molecule has 1 aromatic carbocycles. The third kappa shape index (κ3) is 2.65. The molecule has 0 spiro atoms. The van der Waals surface area contributed by atoms with Gasteiger partial charge in [-0.2, -0.15) is 0 Å². The molecular weight excluding hydrogens is 281 g/mol. The molecule has 1 aliphatic rings. The largest absolute Gasteiger partial charge is 0.308 e. The van der Waals surface area contributed by atoms with Gasteiger partial charge < -0.3 is 5.32 Å². The topological polar surface area (TPSA) is 29.1 Å². The fourth-order valence-electron chi connectivity index (χ4n) is 1.66. The Morgan fingerprint density at radius 2 is 2.33 bits per heavy atom. The van der Waals surface area contributed by atoms with E-state index in [1.165, 1.54) is 6.07 Å². The Hall–Kier alpha value is -0.260. The Labute approximate surface area is 98.8 Å². The van der Waals surface area contributed by atoms with Gasteiger partial charge in [0.05, 0.1) is 0 Å². The van der Waals surface area contributed by atoms with Crippen molar-refractivity contribution in [2.45, 2.75) is 6.04 Å². The molecule has 2 atom stereocenters. The summed E-state index contributed by atoms with van der Waals surface area (Å²) < 4.78 is 25.7. The highest BCUT2D eigenvalue weighted by atomic mass is 79.9. The third-order valence-electron chi connectivity index (χ3n) is 2.41. The first-order valence-corrected chi connectivity index (χ1v) is 6.98. The van der Waals surface area contributed by atoms with E-state index in [0.717, 1.165) is 4.47 Å². The van der Waals surface area contributed by atoms with Crippen LogP contribution in [0.5, 0.6) is 0 Å². The molecule has 2 nitrogen and oxygen atoms in total. The highest BCUT2D eigenvalue weighted by Gasteiger charge is 2.22. The Kier molecular flexibility index (Phi) is 3.53. The number of hydrogen-bond acceptors (Lipinski definition) is 2. The molecule has 1 aromatic rings. The maximum atomic E-state index is 13.5. The maximum absolute atomic E-state index is 13.5. The van der Waals surface area contributed by atoms with Gasteiger partial charge in [-0.3, -0.25) is 4.21 Å². The zero-order valence-electron chi connectivity index (χ0n) is 8.00. The van der Waals surface area contributed by atoms with Crippen molar-refractivity contribution >= 4 is 26.7 Å². The summed E-state index contributed by atoms with van der Waals surface area (Å²) in [5.74, 6) is 0.911. The Bertz CT molecular complexity index is 399. The monoisotopic (exact) mass is 291 g/mol. The van der Waals surface area contributed by atoms with Crippen LogP contribution < -0.4 is 5.32 Å². The molecular formula is C10H11BrFNOS. The summed E-state index contributed by atoms with van der Waals surface area (Å²) in [7, 11) is -0.830. The van der Waals surface area contributed by atoms with Crippen LogP contribution in [0.4, 0.5) is 4.39 Å². The van der Waals surface area contributed by atoms with Crippen molar-refractivity contribution in [3.8, 4) is 0 Å². The molecule has 1 N–H and O–H groups in total. The number of nitrogens with one attached hydrogen (secondary N) is 1. The van der Waals surface area contributed by atoms with Crippen LogP contribution in [0.3, 0.4) is 0 Å². The van der Waals surface area contributed by atoms with Gasteiger partial charge >= 0.3 is 0 Å². The molecule has 2 unspecified atom stereocenters. The minimum atomic E-state index is -0.830. The van der Waals surface area contributed by atoms with Crippen molar-refractivity contribution in [2.24, 2.45) is 0 Å². The van der Waals surface area contributed by atoms with Gasteiger partial charge in [0.25, 0.3) is 0 Å². The molecule has 15 heavy (non-hydrogen) atoms. The number of halogens is 2. The lowest BCUT2D eigenvalue weighted by molar-refractivity contribution is 0.530. The Morgan fingerprint density at radius 3 is 3.07 bits per heavy atom. The van der Waals surface area contributed by atoms with Crippen LogP contribution in [0.15, 0.2) is 22.7 Å². The molecule has 0 aliphatic carbocycles. The van der Waals surface area contributed by atoms with Gasteiger partial charge in [0.1, 0.15) is 5.82 Å². The van der Waals surface area contributed by atoms with Crippen molar-refractivity contribution in [1.29, 1.82) is 0 Å². The average Bonchev–Trinajstić information content (AvgIpc) is 2.22. The van der Waals surface area contributed by atoms with E-state index in [-0.39, 0.29) is 11.9 Å². The Morgan fingerprint density at radius 1 is 1.53 bits per heavy atom. The van der Waals surface area contributed by atoms with Crippen LogP contribution in [0.25, 0.3) is 0 Å². The predicted octanol–water partition coefficient (Wildman–Crippen LogP) is 1.98. The van der Waals surface area contributed by atoms with Gasteiger partial charge in [0.2, 0.25) is 0 Å².